The molecule has 1 aliphatic rings. The highest BCUT2D eigenvalue weighted by molar-refractivity contribution is 8.18. The van der Waals surface area contributed by atoms with Crippen LogP contribution in [0, 0.1) is 0 Å². The van der Waals surface area contributed by atoms with E-state index in [1.54, 1.807) is 54.6 Å². The number of carbonyl (C=O) groups excluding carboxylic acids is 3. The van der Waals surface area contributed by atoms with Crippen LogP contribution in [0.3, 0.4) is 0 Å². The zero-order chi connectivity index (χ0) is 23.1. The van der Waals surface area contributed by atoms with Crippen LogP contribution in [0.15, 0.2) is 60.0 Å². The molecule has 1 aliphatic heterocycles. The smallest absolute Gasteiger partial charge is 0.294 e. The van der Waals surface area contributed by atoms with Gasteiger partial charge in [-0.1, -0.05) is 36.4 Å². The topological polar surface area (TPSA) is 84.9 Å². The lowest BCUT2D eigenvalue weighted by Crippen LogP contribution is -2.36. The van der Waals surface area contributed by atoms with E-state index in [0.29, 0.717) is 41.0 Å². The number of rotatable bonds is 9. The van der Waals surface area contributed by atoms with Crippen LogP contribution in [0.5, 0.6) is 11.5 Å². The van der Waals surface area contributed by atoms with Crippen molar-refractivity contribution in [2.45, 2.75) is 6.92 Å². The quantitative estimate of drug-likeness (QED) is 0.409. The molecular weight excluding hydrogens is 452 g/mol. The summed E-state index contributed by atoms with van der Waals surface area (Å²) in [5.41, 5.74) is 1.14. The second-order valence-corrected chi connectivity index (χ2v) is 7.99. The maximum Gasteiger partial charge on any atom is 0.294 e. The van der Waals surface area contributed by atoms with Gasteiger partial charge in [-0.25, -0.2) is 0 Å². The highest BCUT2D eigenvalue weighted by Crippen LogP contribution is 2.34. The van der Waals surface area contributed by atoms with Crippen molar-refractivity contribution in [2.24, 2.45) is 0 Å². The summed E-state index contributed by atoms with van der Waals surface area (Å²) in [5, 5.41) is 2.57. The second kappa shape index (κ2) is 10.9. The summed E-state index contributed by atoms with van der Waals surface area (Å²) in [5.74, 6) is 0.0299. The molecule has 7 nitrogen and oxygen atoms in total. The van der Waals surface area contributed by atoms with Crippen LogP contribution >= 0.6 is 23.4 Å². The van der Waals surface area contributed by atoms with Crippen LogP contribution in [0.2, 0.25) is 5.02 Å². The molecule has 1 N–H and O–H groups in total. The Morgan fingerprint density at radius 1 is 1.19 bits per heavy atom. The summed E-state index contributed by atoms with van der Waals surface area (Å²) in [7, 11) is 0. The van der Waals surface area contributed by atoms with E-state index in [1.807, 2.05) is 6.92 Å². The number of halogens is 1. The van der Waals surface area contributed by atoms with Crippen LogP contribution in [-0.4, -0.2) is 41.7 Å². The number of imide groups is 1. The lowest BCUT2D eigenvalue weighted by atomic mass is 10.2. The van der Waals surface area contributed by atoms with Gasteiger partial charge in [-0.05, 0) is 60.7 Å². The highest BCUT2D eigenvalue weighted by Gasteiger charge is 2.36. The Balaban J connectivity index is 1.72. The van der Waals surface area contributed by atoms with Gasteiger partial charge in [0.1, 0.15) is 13.2 Å². The van der Waals surface area contributed by atoms with Crippen molar-refractivity contribution in [3.63, 3.8) is 0 Å². The van der Waals surface area contributed by atoms with E-state index >= 15 is 0 Å². The number of thioether (sulfide) groups is 1. The third kappa shape index (κ3) is 5.93. The molecule has 32 heavy (non-hydrogen) atoms. The molecule has 0 aromatic heterocycles. The summed E-state index contributed by atoms with van der Waals surface area (Å²) in [6.07, 6.45) is 3.21. The van der Waals surface area contributed by atoms with Crippen LogP contribution in [-0.2, 0) is 9.59 Å². The largest absolute Gasteiger partial charge is 0.490 e. The Morgan fingerprint density at radius 2 is 2.00 bits per heavy atom. The van der Waals surface area contributed by atoms with E-state index in [2.05, 4.69) is 11.9 Å². The molecular formula is C23H21ClN2O5S. The minimum atomic E-state index is -0.536. The number of hydrogen-bond donors (Lipinski definition) is 1. The number of carbonyl (C=O) groups is 3. The first-order chi connectivity index (χ1) is 15.4. The minimum absolute atomic E-state index is 0.216. The van der Waals surface area contributed by atoms with Crippen molar-refractivity contribution in [1.29, 1.82) is 0 Å². The summed E-state index contributed by atoms with van der Waals surface area (Å²) in [4.78, 5) is 38.5. The molecule has 0 saturated carbocycles. The standard InChI is InChI=1S/C23H21ClN2O5S/c1-3-10-31-18-9-8-15(11-19(18)30-4-2)12-20-22(28)26(23(29)32-20)14-21(27)25-17-7-5-6-16(24)13-17/h3,5-9,11-13H,1,4,10,14H2,2H3,(H,25,27)/b20-12+. The normalized spacial score (nSPS) is 14.6. The van der Waals surface area contributed by atoms with Crippen molar-refractivity contribution in [3.05, 3.63) is 70.6 Å². The summed E-state index contributed by atoms with van der Waals surface area (Å²) in [6, 6.07) is 11.8. The van der Waals surface area contributed by atoms with Gasteiger partial charge in [-0.15, -0.1) is 0 Å². The van der Waals surface area contributed by atoms with Crippen LogP contribution in [0.25, 0.3) is 6.08 Å². The van der Waals surface area contributed by atoms with E-state index in [-0.39, 0.29) is 4.91 Å². The molecule has 2 aromatic rings. The molecule has 0 bridgehead atoms. The van der Waals surface area contributed by atoms with E-state index in [0.717, 1.165) is 16.7 Å². The number of ether oxygens (including phenoxy) is 2. The van der Waals surface area contributed by atoms with E-state index < -0.39 is 23.6 Å². The first-order valence-corrected chi connectivity index (χ1v) is 10.9. The van der Waals surface area contributed by atoms with Crippen molar-refractivity contribution in [3.8, 4) is 11.5 Å². The number of nitrogens with zero attached hydrogens (tertiary/aromatic N) is 1. The maximum absolute atomic E-state index is 12.7. The van der Waals surface area contributed by atoms with Gasteiger partial charge in [0, 0.05) is 10.7 Å². The van der Waals surface area contributed by atoms with Crippen LogP contribution in [0.4, 0.5) is 10.5 Å². The Morgan fingerprint density at radius 3 is 2.72 bits per heavy atom. The summed E-state index contributed by atoms with van der Waals surface area (Å²) in [6.45, 7) is 5.84. The first kappa shape index (κ1) is 23.4. The van der Waals surface area contributed by atoms with Gasteiger partial charge < -0.3 is 14.8 Å². The van der Waals surface area contributed by atoms with E-state index in [1.165, 1.54) is 0 Å². The SMILES string of the molecule is C=CCOc1ccc(/C=C2/SC(=O)N(CC(=O)Nc3cccc(Cl)c3)C2=O)cc1OCC. The van der Waals surface area contributed by atoms with Crippen LogP contribution in [0.1, 0.15) is 12.5 Å². The number of hydrogen-bond acceptors (Lipinski definition) is 6. The average molecular weight is 473 g/mol. The van der Waals surface area contributed by atoms with Crippen molar-refractivity contribution < 1.29 is 23.9 Å². The second-order valence-electron chi connectivity index (χ2n) is 6.57. The number of nitrogens with one attached hydrogen (secondary N) is 1. The molecule has 1 heterocycles. The fraction of sp³-hybridized carbons (Fsp3) is 0.174. The molecule has 1 fully saturated rings. The molecule has 0 spiro atoms. The Bertz CT molecular complexity index is 1090. The van der Waals surface area contributed by atoms with Gasteiger partial charge in [0.15, 0.2) is 11.5 Å². The lowest BCUT2D eigenvalue weighted by Gasteiger charge is -2.13. The minimum Gasteiger partial charge on any atom is -0.490 e. The highest BCUT2D eigenvalue weighted by atomic mass is 35.5. The first-order valence-electron chi connectivity index (χ1n) is 9.72. The number of amides is 3. The molecule has 166 valence electrons. The molecule has 3 amide bonds. The van der Waals surface area contributed by atoms with Gasteiger partial charge in [0.05, 0.1) is 11.5 Å². The molecule has 0 aliphatic carbocycles. The molecule has 1 saturated heterocycles. The van der Waals surface area contributed by atoms with Gasteiger partial charge in [0.25, 0.3) is 11.1 Å². The molecule has 0 unspecified atom stereocenters. The van der Waals surface area contributed by atoms with Gasteiger partial charge in [-0.3, -0.25) is 19.3 Å². The molecule has 0 radical (unpaired) electrons. The van der Waals surface area contributed by atoms with Gasteiger partial charge >= 0.3 is 0 Å². The van der Waals surface area contributed by atoms with E-state index in [9.17, 15) is 14.4 Å². The van der Waals surface area contributed by atoms with Crippen LogP contribution < -0.4 is 14.8 Å². The zero-order valence-corrected chi connectivity index (χ0v) is 18.9. The molecule has 0 atom stereocenters. The van der Waals surface area contributed by atoms with Crippen molar-refractivity contribution in [2.75, 3.05) is 25.1 Å². The zero-order valence-electron chi connectivity index (χ0n) is 17.3. The fourth-order valence-corrected chi connectivity index (χ4v) is 3.88. The Labute approximate surface area is 195 Å². The monoisotopic (exact) mass is 472 g/mol. The fourth-order valence-electron chi connectivity index (χ4n) is 2.85. The average Bonchev–Trinajstić information content (AvgIpc) is 3.00. The maximum atomic E-state index is 12.7. The lowest BCUT2D eigenvalue weighted by molar-refractivity contribution is -0.127. The van der Waals surface area contributed by atoms with Gasteiger partial charge in [0.2, 0.25) is 5.91 Å². The Kier molecular flexibility index (Phi) is 7.97. The Hall–Kier alpha value is -3.23. The number of anilines is 1. The predicted molar refractivity (Wildman–Crippen MR) is 126 cm³/mol. The molecule has 9 heteroatoms. The molecule has 2 aromatic carbocycles. The third-order valence-corrected chi connectivity index (χ3v) is 5.35. The van der Waals surface area contributed by atoms with Gasteiger partial charge in [-0.2, -0.15) is 0 Å². The third-order valence-electron chi connectivity index (χ3n) is 4.21. The van der Waals surface area contributed by atoms with Crippen molar-refractivity contribution >= 4 is 52.2 Å². The summed E-state index contributed by atoms with van der Waals surface area (Å²) < 4.78 is 11.2. The number of benzene rings is 2. The van der Waals surface area contributed by atoms with E-state index in [4.69, 9.17) is 21.1 Å². The predicted octanol–water partition coefficient (Wildman–Crippen LogP) is 4.98. The van der Waals surface area contributed by atoms with Crippen molar-refractivity contribution in [1.82, 2.24) is 4.90 Å². The summed E-state index contributed by atoms with van der Waals surface area (Å²) >= 11 is 6.68. The molecule has 3 rings (SSSR count).